The maximum Gasteiger partial charge on any atom is 0.238 e. The molecular weight excluding hydrogens is 270 g/mol. The molecule has 1 unspecified atom stereocenters. The number of carbonyl (C=O) groups excluding carboxylic acids is 1. The summed E-state index contributed by atoms with van der Waals surface area (Å²) in [5, 5.41) is 8.22. The molecule has 0 saturated carbocycles. The Morgan fingerprint density at radius 2 is 2.44 bits per heavy atom. The van der Waals surface area contributed by atoms with Gasteiger partial charge in [-0.05, 0) is 24.8 Å². The second-order valence-corrected chi connectivity index (χ2v) is 5.90. The zero-order chi connectivity index (χ0) is 12.3. The highest BCUT2D eigenvalue weighted by Crippen LogP contribution is 2.30. The van der Waals surface area contributed by atoms with Crippen molar-refractivity contribution >= 4 is 29.7 Å². The Kier molecular flexibility index (Phi) is 5.56. The molecule has 1 amide bonds. The lowest BCUT2D eigenvalue weighted by atomic mass is 9.77. The predicted octanol–water partition coefficient (Wildman–Crippen LogP) is 1.96. The topological polar surface area (TPSA) is 54.0 Å². The first-order valence-corrected chi connectivity index (χ1v) is 6.92. The minimum Gasteiger partial charge on any atom is -0.349 e. The molecule has 0 aromatic carbocycles. The summed E-state index contributed by atoms with van der Waals surface area (Å²) in [6.07, 6.45) is 2.23. The van der Waals surface area contributed by atoms with E-state index in [2.05, 4.69) is 29.5 Å². The molecule has 1 aliphatic heterocycles. The normalized spacial score (nSPS) is 22.0. The van der Waals surface area contributed by atoms with Gasteiger partial charge < -0.3 is 10.6 Å². The van der Waals surface area contributed by atoms with Crippen LogP contribution < -0.4 is 10.6 Å². The van der Waals surface area contributed by atoms with Gasteiger partial charge in [-0.25, -0.2) is 4.98 Å². The van der Waals surface area contributed by atoms with Gasteiger partial charge in [-0.3, -0.25) is 4.79 Å². The molecule has 1 aromatic heterocycles. The molecule has 1 atom stereocenters. The highest BCUT2D eigenvalue weighted by atomic mass is 35.5. The lowest BCUT2D eigenvalue weighted by Crippen LogP contribution is -2.55. The lowest BCUT2D eigenvalue weighted by Gasteiger charge is -2.38. The fourth-order valence-corrected chi connectivity index (χ4v) is 2.82. The van der Waals surface area contributed by atoms with Crippen molar-refractivity contribution in [1.82, 2.24) is 15.6 Å². The fraction of sp³-hybridized carbons (Fsp3) is 0.667. The van der Waals surface area contributed by atoms with Gasteiger partial charge >= 0.3 is 0 Å². The van der Waals surface area contributed by atoms with E-state index in [1.807, 2.05) is 5.38 Å². The third kappa shape index (κ3) is 3.67. The smallest absolute Gasteiger partial charge is 0.238 e. The van der Waals surface area contributed by atoms with Gasteiger partial charge in [0.15, 0.2) is 0 Å². The van der Waals surface area contributed by atoms with Crippen LogP contribution in [0, 0.1) is 5.41 Å². The summed E-state index contributed by atoms with van der Waals surface area (Å²) in [6, 6.07) is -0.0881. The number of rotatable bonds is 3. The first-order valence-electron chi connectivity index (χ1n) is 5.98. The SMILES string of the molecule is CC1(C)CCCNC1C(=O)NCc1cscn1.Cl. The van der Waals surface area contributed by atoms with Crippen LogP contribution in [0.1, 0.15) is 32.4 Å². The number of piperidine rings is 1. The average molecular weight is 290 g/mol. The Morgan fingerprint density at radius 1 is 1.67 bits per heavy atom. The average Bonchev–Trinajstić information content (AvgIpc) is 2.78. The molecule has 0 spiro atoms. The summed E-state index contributed by atoms with van der Waals surface area (Å²) >= 11 is 1.55. The van der Waals surface area contributed by atoms with Crippen LogP contribution in [0.2, 0.25) is 0 Å². The molecule has 4 nitrogen and oxygen atoms in total. The summed E-state index contributed by atoms with van der Waals surface area (Å²) in [4.78, 5) is 16.3. The van der Waals surface area contributed by atoms with E-state index in [0.29, 0.717) is 6.54 Å². The molecule has 2 heterocycles. The highest BCUT2D eigenvalue weighted by molar-refractivity contribution is 7.07. The Morgan fingerprint density at radius 3 is 3.06 bits per heavy atom. The van der Waals surface area contributed by atoms with Crippen LogP contribution in [0.4, 0.5) is 0 Å². The van der Waals surface area contributed by atoms with E-state index < -0.39 is 0 Å². The second-order valence-electron chi connectivity index (χ2n) is 5.18. The third-order valence-electron chi connectivity index (χ3n) is 3.32. The fourth-order valence-electron chi connectivity index (χ4n) is 2.26. The number of amides is 1. The summed E-state index contributed by atoms with van der Waals surface area (Å²) in [6.45, 7) is 5.74. The molecular formula is C12H20ClN3OS. The number of hydrogen-bond donors (Lipinski definition) is 2. The lowest BCUT2D eigenvalue weighted by molar-refractivity contribution is -0.126. The van der Waals surface area contributed by atoms with E-state index in [-0.39, 0.29) is 29.8 Å². The molecule has 1 fully saturated rings. The van der Waals surface area contributed by atoms with Crippen LogP contribution in [-0.2, 0) is 11.3 Å². The molecule has 2 N–H and O–H groups in total. The number of hydrogen-bond acceptors (Lipinski definition) is 4. The van der Waals surface area contributed by atoms with Crippen molar-refractivity contribution in [3.8, 4) is 0 Å². The number of carbonyl (C=O) groups is 1. The summed E-state index contributed by atoms with van der Waals surface area (Å²) in [7, 11) is 0. The van der Waals surface area contributed by atoms with E-state index >= 15 is 0 Å². The number of halogens is 1. The largest absolute Gasteiger partial charge is 0.349 e. The van der Waals surface area contributed by atoms with Crippen LogP contribution in [0.15, 0.2) is 10.9 Å². The van der Waals surface area contributed by atoms with Gasteiger partial charge in [0.1, 0.15) is 0 Å². The van der Waals surface area contributed by atoms with Gasteiger partial charge in [-0.15, -0.1) is 23.7 Å². The van der Waals surface area contributed by atoms with Crippen molar-refractivity contribution in [2.24, 2.45) is 5.41 Å². The number of aromatic nitrogens is 1. The first-order chi connectivity index (χ1) is 8.09. The van der Waals surface area contributed by atoms with Gasteiger partial charge in [0.2, 0.25) is 5.91 Å². The Hall–Kier alpha value is -0.650. The van der Waals surface area contributed by atoms with Crippen LogP contribution in [0.25, 0.3) is 0 Å². The molecule has 2 rings (SSSR count). The zero-order valence-electron chi connectivity index (χ0n) is 10.7. The van der Waals surface area contributed by atoms with Gasteiger partial charge in [0.05, 0.1) is 23.8 Å². The van der Waals surface area contributed by atoms with Crippen molar-refractivity contribution in [1.29, 1.82) is 0 Å². The van der Waals surface area contributed by atoms with Crippen LogP contribution >= 0.6 is 23.7 Å². The summed E-state index contributed by atoms with van der Waals surface area (Å²) in [5.74, 6) is 0.0858. The van der Waals surface area contributed by atoms with Crippen LogP contribution in [0.3, 0.4) is 0 Å². The van der Waals surface area contributed by atoms with Crippen molar-refractivity contribution in [2.45, 2.75) is 39.3 Å². The van der Waals surface area contributed by atoms with Crippen LogP contribution in [-0.4, -0.2) is 23.5 Å². The second kappa shape index (κ2) is 6.50. The van der Waals surface area contributed by atoms with Gasteiger partial charge in [0, 0.05) is 5.38 Å². The highest BCUT2D eigenvalue weighted by Gasteiger charge is 2.36. The predicted molar refractivity (Wildman–Crippen MR) is 76.0 cm³/mol. The minimum atomic E-state index is -0.0881. The van der Waals surface area contributed by atoms with E-state index in [0.717, 1.165) is 25.1 Å². The van der Waals surface area contributed by atoms with Crippen molar-refractivity contribution in [2.75, 3.05) is 6.54 Å². The van der Waals surface area contributed by atoms with Gasteiger partial charge in [0.25, 0.3) is 0 Å². The van der Waals surface area contributed by atoms with E-state index in [1.54, 1.807) is 16.8 Å². The van der Waals surface area contributed by atoms with E-state index in [9.17, 15) is 4.79 Å². The molecule has 6 heteroatoms. The molecule has 1 saturated heterocycles. The Bertz CT molecular complexity index is 381. The third-order valence-corrected chi connectivity index (χ3v) is 3.95. The maximum atomic E-state index is 12.1. The van der Waals surface area contributed by atoms with Gasteiger partial charge in [-0.2, -0.15) is 0 Å². The molecule has 18 heavy (non-hydrogen) atoms. The Balaban J connectivity index is 0.00000162. The quantitative estimate of drug-likeness (QED) is 0.894. The van der Waals surface area contributed by atoms with Crippen molar-refractivity contribution < 1.29 is 4.79 Å². The summed E-state index contributed by atoms with van der Waals surface area (Å²) < 4.78 is 0. The molecule has 0 bridgehead atoms. The van der Waals surface area contributed by atoms with E-state index in [4.69, 9.17) is 0 Å². The van der Waals surface area contributed by atoms with Crippen LogP contribution in [0.5, 0.6) is 0 Å². The molecule has 0 radical (unpaired) electrons. The monoisotopic (exact) mass is 289 g/mol. The minimum absolute atomic E-state index is 0. The number of nitrogens with one attached hydrogen (secondary N) is 2. The van der Waals surface area contributed by atoms with Crippen molar-refractivity contribution in [3.63, 3.8) is 0 Å². The Labute approximate surface area is 118 Å². The van der Waals surface area contributed by atoms with Gasteiger partial charge in [-0.1, -0.05) is 13.8 Å². The standard InChI is InChI=1S/C12H19N3OS.ClH/c1-12(2)4-3-5-13-10(12)11(16)14-6-9-7-17-8-15-9;/h7-8,10,13H,3-6H2,1-2H3,(H,14,16);1H. The first kappa shape index (κ1) is 15.4. The number of thiazole rings is 1. The van der Waals surface area contributed by atoms with E-state index in [1.165, 1.54) is 0 Å². The number of nitrogens with zero attached hydrogens (tertiary/aromatic N) is 1. The van der Waals surface area contributed by atoms with Crippen molar-refractivity contribution in [3.05, 3.63) is 16.6 Å². The zero-order valence-corrected chi connectivity index (χ0v) is 12.4. The molecule has 1 aliphatic rings. The maximum absolute atomic E-state index is 12.1. The molecule has 1 aromatic rings. The molecule has 0 aliphatic carbocycles. The molecule has 102 valence electrons. The summed E-state index contributed by atoms with van der Waals surface area (Å²) in [5.41, 5.74) is 2.74.